The van der Waals surface area contributed by atoms with Crippen LogP contribution >= 0.6 is 54.5 Å². The Bertz CT molecular complexity index is 422. The molecule has 0 radical (unpaired) electrons. The van der Waals surface area contributed by atoms with Crippen LogP contribution in [-0.2, 0) is 0 Å². The van der Waals surface area contributed by atoms with Crippen molar-refractivity contribution in [2.45, 2.75) is 12.5 Å². The number of rotatable bonds is 4. The van der Waals surface area contributed by atoms with Crippen LogP contribution in [0.3, 0.4) is 0 Å². The van der Waals surface area contributed by atoms with Crippen molar-refractivity contribution < 1.29 is 9.90 Å². The summed E-state index contributed by atoms with van der Waals surface area (Å²) in [5.74, 6) is -0.281. The van der Waals surface area contributed by atoms with E-state index in [0.717, 1.165) is 3.57 Å². The average Bonchev–Trinajstić information content (AvgIpc) is 2.32. The molecule has 0 aliphatic carbocycles. The fourth-order valence-corrected chi connectivity index (χ4v) is 2.83. The first-order chi connectivity index (χ1) is 7.91. The summed E-state index contributed by atoms with van der Waals surface area (Å²) in [6, 6.07) is 4.94. The van der Waals surface area contributed by atoms with E-state index >= 15 is 0 Å². The summed E-state index contributed by atoms with van der Waals surface area (Å²) in [4.78, 5) is 12.0. The number of hydrogen-bond donors (Lipinski definition) is 2. The van der Waals surface area contributed by atoms with Gasteiger partial charge in [-0.05, 0) is 47.7 Å². The summed E-state index contributed by atoms with van der Waals surface area (Å²) < 4.78 is 0.907. The van der Waals surface area contributed by atoms with Crippen LogP contribution in [-0.4, -0.2) is 27.2 Å². The van der Waals surface area contributed by atoms with Crippen LogP contribution in [0.1, 0.15) is 17.3 Å². The molecule has 0 saturated carbocycles. The minimum absolute atomic E-state index is 0.00518. The first-order valence-corrected chi connectivity index (χ1v) is 8.17. The Balaban J connectivity index is 2.94. The number of nitrogens with one attached hydrogen (secondary N) is 1. The number of phenols is 1. The van der Waals surface area contributed by atoms with E-state index in [9.17, 15) is 9.90 Å². The highest BCUT2D eigenvalue weighted by Crippen LogP contribution is 2.21. The first kappa shape index (κ1) is 15.2. The highest BCUT2D eigenvalue weighted by atomic mass is 127. The van der Waals surface area contributed by atoms with E-state index in [1.54, 1.807) is 12.1 Å². The number of carbonyl (C=O) groups excluding carboxylic acids is 1. The molecule has 1 aromatic rings. The molecule has 0 heterocycles. The Morgan fingerprint density at radius 1 is 1.47 bits per heavy atom. The molecule has 6 heteroatoms. The summed E-state index contributed by atoms with van der Waals surface area (Å²) in [5, 5.41) is 13.8. The molecule has 0 aliphatic rings. The molecule has 1 amide bonds. The summed E-state index contributed by atoms with van der Waals surface area (Å²) in [7, 11) is 0. The minimum Gasteiger partial charge on any atom is -0.507 e. The molecule has 2 N–H and O–H groups in total. The molecule has 3 nitrogen and oxygen atoms in total. The molecule has 1 rings (SSSR count). The number of phenolic OH excluding ortho intramolecular Hbond substituents is 1. The molecule has 0 aromatic heterocycles. The van der Waals surface area contributed by atoms with Crippen LogP contribution in [0, 0.1) is 3.57 Å². The number of amides is 1. The van der Waals surface area contributed by atoms with Gasteiger partial charge in [0, 0.05) is 14.2 Å². The number of carbonyl (C=O) groups is 1. The third-order valence-electron chi connectivity index (χ3n) is 2.21. The van der Waals surface area contributed by atoms with Crippen molar-refractivity contribution in [1.29, 1.82) is 0 Å². The Kier molecular flexibility index (Phi) is 5.72. The predicted octanol–water partition coefficient (Wildman–Crippen LogP) is 3.28. The molecule has 94 valence electrons. The van der Waals surface area contributed by atoms with Crippen molar-refractivity contribution in [3.63, 3.8) is 0 Å². The zero-order valence-electron chi connectivity index (χ0n) is 9.14. The van der Waals surface area contributed by atoms with Gasteiger partial charge in [0.25, 0.3) is 5.91 Å². The molecular formula is C11H12Br2INO2. The van der Waals surface area contributed by atoms with Gasteiger partial charge in [-0.3, -0.25) is 4.79 Å². The van der Waals surface area contributed by atoms with Crippen molar-refractivity contribution in [3.05, 3.63) is 27.3 Å². The smallest absolute Gasteiger partial charge is 0.255 e. The van der Waals surface area contributed by atoms with Gasteiger partial charge in [0.15, 0.2) is 0 Å². The molecule has 17 heavy (non-hydrogen) atoms. The number of halogens is 3. The van der Waals surface area contributed by atoms with Gasteiger partial charge in [-0.2, -0.15) is 0 Å². The maximum absolute atomic E-state index is 12.0. The topological polar surface area (TPSA) is 49.3 Å². The second kappa shape index (κ2) is 6.38. The van der Waals surface area contributed by atoms with E-state index in [1.807, 2.05) is 6.92 Å². The molecule has 0 spiro atoms. The van der Waals surface area contributed by atoms with E-state index in [-0.39, 0.29) is 17.2 Å². The Labute approximate surface area is 131 Å². The van der Waals surface area contributed by atoms with Crippen LogP contribution in [0.15, 0.2) is 18.2 Å². The zero-order chi connectivity index (χ0) is 13.1. The van der Waals surface area contributed by atoms with Crippen molar-refractivity contribution in [2.24, 2.45) is 0 Å². The fourth-order valence-electron chi connectivity index (χ4n) is 1.13. The lowest BCUT2D eigenvalue weighted by atomic mass is 10.1. The van der Waals surface area contributed by atoms with Gasteiger partial charge in [-0.25, -0.2) is 0 Å². The summed E-state index contributed by atoms with van der Waals surface area (Å²) in [6.07, 6.45) is 0. The van der Waals surface area contributed by atoms with Gasteiger partial charge in [0.2, 0.25) is 0 Å². The number of aromatic hydroxyl groups is 1. The lowest BCUT2D eigenvalue weighted by molar-refractivity contribution is 0.0920. The van der Waals surface area contributed by atoms with Gasteiger partial charge in [0.1, 0.15) is 5.75 Å². The van der Waals surface area contributed by atoms with Crippen LogP contribution in [0.2, 0.25) is 0 Å². The highest BCUT2D eigenvalue weighted by molar-refractivity contribution is 14.1. The van der Waals surface area contributed by atoms with E-state index < -0.39 is 0 Å². The largest absolute Gasteiger partial charge is 0.507 e. The normalized spacial score (nSPS) is 11.3. The maximum Gasteiger partial charge on any atom is 0.255 e. The number of alkyl halides is 2. The van der Waals surface area contributed by atoms with Gasteiger partial charge in [-0.15, -0.1) is 0 Å². The van der Waals surface area contributed by atoms with E-state index in [1.165, 1.54) is 6.07 Å². The van der Waals surface area contributed by atoms with Crippen molar-refractivity contribution in [1.82, 2.24) is 5.32 Å². The average molecular weight is 477 g/mol. The number of benzene rings is 1. The number of hydrogen-bond acceptors (Lipinski definition) is 2. The molecule has 1 aromatic carbocycles. The maximum atomic E-state index is 12.0. The van der Waals surface area contributed by atoms with Crippen LogP contribution in [0.4, 0.5) is 0 Å². The first-order valence-electron chi connectivity index (χ1n) is 4.85. The third-order valence-corrected chi connectivity index (χ3v) is 5.35. The van der Waals surface area contributed by atoms with E-state index in [0.29, 0.717) is 16.2 Å². The summed E-state index contributed by atoms with van der Waals surface area (Å²) in [6.45, 7) is 1.92. The minimum atomic E-state index is -0.384. The van der Waals surface area contributed by atoms with Gasteiger partial charge < -0.3 is 10.4 Å². The van der Waals surface area contributed by atoms with Crippen molar-refractivity contribution in [2.75, 3.05) is 10.7 Å². The molecule has 0 bridgehead atoms. The Morgan fingerprint density at radius 3 is 2.59 bits per heavy atom. The lowest BCUT2D eigenvalue weighted by Crippen LogP contribution is -2.49. The standard InChI is InChI=1S/C11H12Br2INO2/c1-11(5-12,6-13)15-10(17)8-4-7(14)2-3-9(8)16/h2-4,16H,5-6H2,1H3,(H,15,17). The SMILES string of the molecule is CC(CBr)(CBr)NC(=O)c1cc(I)ccc1O. The molecular weight excluding hydrogens is 465 g/mol. The van der Waals surface area contributed by atoms with Crippen LogP contribution in [0.25, 0.3) is 0 Å². The second-order valence-corrected chi connectivity index (χ2v) is 6.31. The summed E-state index contributed by atoms with van der Waals surface area (Å²) >= 11 is 8.82. The zero-order valence-corrected chi connectivity index (χ0v) is 14.5. The molecule has 0 aliphatic heterocycles. The monoisotopic (exact) mass is 475 g/mol. The van der Waals surface area contributed by atoms with Crippen LogP contribution < -0.4 is 5.32 Å². The molecule has 0 saturated heterocycles. The van der Waals surface area contributed by atoms with E-state index in [2.05, 4.69) is 59.8 Å². The predicted molar refractivity (Wildman–Crippen MR) is 84.3 cm³/mol. The van der Waals surface area contributed by atoms with Crippen molar-refractivity contribution >= 4 is 60.4 Å². The second-order valence-electron chi connectivity index (χ2n) is 3.94. The Hall–Kier alpha value is 0.180. The third kappa shape index (κ3) is 4.10. The quantitative estimate of drug-likeness (QED) is 0.517. The van der Waals surface area contributed by atoms with Crippen molar-refractivity contribution in [3.8, 4) is 5.75 Å². The molecule has 0 atom stereocenters. The van der Waals surface area contributed by atoms with Gasteiger partial charge in [-0.1, -0.05) is 31.9 Å². The van der Waals surface area contributed by atoms with Gasteiger partial charge >= 0.3 is 0 Å². The highest BCUT2D eigenvalue weighted by Gasteiger charge is 2.25. The fraction of sp³-hybridized carbons (Fsp3) is 0.364. The van der Waals surface area contributed by atoms with Crippen LogP contribution in [0.5, 0.6) is 5.75 Å². The Morgan fingerprint density at radius 2 is 2.06 bits per heavy atom. The van der Waals surface area contributed by atoms with Gasteiger partial charge in [0.05, 0.1) is 11.1 Å². The lowest BCUT2D eigenvalue weighted by Gasteiger charge is -2.26. The van der Waals surface area contributed by atoms with E-state index in [4.69, 9.17) is 0 Å². The molecule has 0 fully saturated rings. The summed E-state index contributed by atoms with van der Waals surface area (Å²) in [5.41, 5.74) is -0.0878. The molecule has 0 unspecified atom stereocenters.